The number of carboxylic acid groups (broad SMARTS) is 1. The molecule has 0 heterocycles. The van der Waals surface area contributed by atoms with E-state index in [1.165, 1.54) is 0 Å². The van der Waals surface area contributed by atoms with Crippen molar-refractivity contribution in [2.24, 2.45) is 5.73 Å². The van der Waals surface area contributed by atoms with Crippen molar-refractivity contribution >= 4 is 36.2 Å². The molecule has 0 fully saturated rings. The first-order chi connectivity index (χ1) is 8.36. The molecule has 9 heteroatoms. The summed E-state index contributed by atoms with van der Waals surface area (Å²) < 4.78 is 0. The van der Waals surface area contributed by atoms with Crippen LogP contribution in [0.1, 0.15) is 6.42 Å². The summed E-state index contributed by atoms with van der Waals surface area (Å²) in [7, 11) is 0. The Hall–Kier alpha value is -1.61. The van der Waals surface area contributed by atoms with Crippen LogP contribution in [0.25, 0.3) is 0 Å². The van der Waals surface area contributed by atoms with Gasteiger partial charge in [-0.15, -0.1) is 0 Å². The Morgan fingerprint density at radius 3 is 2.17 bits per heavy atom. The fraction of sp³-hybridized carbons (Fsp3) is 0.556. The minimum Gasteiger partial charge on any atom is -0.480 e. The molecule has 102 valence electrons. The molecule has 18 heavy (non-hydrogen) atoms. The molecule has 8 nitrogen and oxygen atoms in total. The van der Waals surface area contributed by atoms with E-state index in [9.17, 15) is 19.2 Å². The van der Waals surface area contributed by atoms with Crippen LogP contribution >= 0.6 is 12.6 Å². The van der Waals surface area contributed by atoms with E-state index in [-0.39, 0.29) is 5.75 Å². The van der Waals surface area contributed by atoms with E-state index in [1.807, 2.05) is 5.32 Å². The van der Waals surface area contributed by atoms with Crippen LogP contribution in [0.4, 0.5) is 0 Å². The highest BCUT2D eigenvalue weighted by Gasteiger charge is 2.16. The van der Waals surface area contributed by atoms with Crippen molar-refractivity contribution in [3.05, 3.63) is 0 Å². The minimum atomic E-state index is -1.19. The maximum absolute atomic E-state index is 11.2. The van der Waals surface area contributed by atoms with Gasteiger partial charge in [-0.25, -0.2) is 0 Å². The molecule has 5 N–H and O–H groups in total. The number of hydrogen-bond acceptors (Lipinski definition) is 6. The largest absolute Gasteiger partial charge is 0.480 e. The maximum Gasteiger partial charge on any atom is 0.322 e. The van der Waals surface area contributed by atoms with Crippen LogP contribution in [0, 0.1) is 0 Å². The summed E-state index contributed by atoms with van der Waals surface area (Å²) in [6.07, 6.45) is -0.437. The number of carbonyl (C=O) groups is 4. The Morgan fingerprint density at radius 2 is 1.67 bits per heavy atom. The quantitative estimate of drug-likeness (QED) is 0.246. The molecular formula is C9H15N3O5S. The van der Waals surface area contributed by atoms with Crippen molar-refractivity contribution < 1.29 is 24.3 Å². The molecule has 1 atom stereocenters. The number of rotatable bonds is 8. The minimum absolute atomic E-state index is 0.130. The van der Waals surface area contributed by atoms with Gasteiger partial charge in [0.15, 0.2) is 5.78 Å². The predicted octanol–water partition coefficient (Wildman–Crippen LogP) is -2.48. The number of carbonyl (C=O) groups excluding carboxylic acids is 3. The van der Waals surface area contributed by atoms with Crippen molar-refractivity contribution in [3.8, 4) is 0 Å². The maximum atomic E-state index is 11.2. The van der Waals surface area contributed by atoms with E-state index >= 15 is 0 Å². The number of thiol groups is 1. The SMILES string of the molecule is NC(CS)C(=O)CC(=O)NCC(=O)NCC(=O)O. The lowest BCUT2D eigenvalue weighted by Crippen LogP contribution is -2.41. The van der Waals surface area contributed by atoms with E-state index < -0.39 is 49.1 Å². The molecule has 0 aliphatic heterocycles. The van der Waals surface area contributed by atoms with E-state index in [4.69, 9.17) is 10.8 Å². The first-order valence-corrected chi connectivity index (χ1v) is 5.64. The van der Waals surface area contributed by atoms with Crippen LogP contribution in [0.15, 0.2) is 0 Å². The Bertz CT molecular complexity index is 347. The molecule has 0 aromatic rings. The van der Waals surface area contributed by atoms with Gasteiger partial charge in [0.25, 0.3) is 0 Å². The van der Waals surface area contributed by atoms with Crippen molar-refractivity contribution in [3.63, 3.8) is 0 Å². The lowest BCUT2D eigenvalue weighted by Gasteiger charge is -2.07. The third-order valence-electron chi connectivity index (χ3n) is 1.83. The number of nitrogens with two attached hydrogens (primary N) is 1. The highest BCUT2D eigenvalue weighted by atomic mass is 32.1. The normalized spacial score (nSPS) is 11.4. The Kier molecular flexibility index (Phi) is 7.72. The predicted molar refractivity (Wildman–Crippen MR) is 65.1 cm³/mol. The van der Waals surface area contributed by atoms with Gasteiger partial charge in [-0.2, -0.15) is 12.6 Å². The summed E-state index contributed by atoms with van der Waals surface area (Å²) >= 11 is 3.81. The van der Waals surface area contributed by atoms with Crippen LogP contribution in [0.2, 0.25) is 0 Å². The second-order valence-corrected chi connectivity index (χ2v) is 3.74. The van der Waals surface area contributed by atoms with Gasteiger partial charge in [0.1, 0.15) is 6.54 Å². The third-order valence-corrected chi connectivity index (χ3v) is 2.22. The lowest BCUT2D eigenvalue weighted by molar-refractivity contribution is -0.137. The van der Waals surface area contributed by atoms with Crippen molar-refractivity contribution in [1.82, 2.24) is 10.6 Å². The van der Waals surface area contributed by atoms with Gasteiger partial charge >= 0.3 is 5.97 Å². The van der Waals surface area contributed by atoms with E-state index in [0.717, 1.165) is 0 Å². The summed E-state index contributed by atoms with van der Waals surface area (Å²) in [5, 5.41) is 12.5. The van der Waals surface area contributed by atoms with Crippen molar-refractivity contribution in [2.45, 2.75) is 12.5 Å². The van der Waals surface area contributed by atoms with Gasteiger partial charge < -0.3 is 21.5 Å². The fourth-order valence-electron chi connectivity index (χ4n) is 0.869. The van der Waals surface area contributed by atoms with Gasteiger partial charge in [0.2, 0.25) is 11.8 Å². The monoisotopic (exact) mass is 277 g/mol. The average molecular weight is 277 g/mol. The molecule has 1 unspecified atom stereocenters. The molecule has 0 aromatic carbocycles. The Balaban J connectivity index is 3.86. The average Bonchev–Trinajstić information content (AvgIpc) is 2.32. The molecule has 0 aliphatic carbocycles. The van der Waals surface area contributed by atoms with Crippen molar-refractivity contribution in [1.29, 1.82) is 0 Å². The molecule has 0 saturated carbocycles. The number of ketones is 1. The first kappa shape index (κ1) is 16.4. The molecule has 0 saturated heterocycles. The topological polar surface area (TPSA) is 139 Å². The van der Waals surface area contributed by atoms with Crippen molar-refractivity contribution in [2.75, 3.05) is 18.8 Å². The smallest absolute Gasteiger partial charge is 0.322 e. The number of amides is 2. The molecule has 0 spiro atoms. The van der Waals surface area contributed by atoms with Crippen LogP contribution in [-0.4, -0.2) is 53.6 Å². The summed E-state index contributed by atoms with van der Waals surface area (Å²) in [6.45, 7) is -0.923. The number of nitrogens with one attached hydrogen (secondary N) is 2. The van der Waals surface area contributed by atoms with E-state index in [0.29, 0.717) is 0 Å². The third kappa shape index (κ3) is 7.63. The summed E-state index contributed by atoms with van der Waals surface area (Å²) in [6, 6.07) is -0.820. The molecule has 0 bridgehead atoms. The molecule has 2 amide bonds. The van der Waals surface area contributed by atoms with Crippen LogP contribution in [0.5, 0.6) is 0 Å². The summed E-state index contributed by atoms with van der Waals surface area (Å²) in [5.41, 5.74) is 5.35. The lowest BCUT2D eigenvalue weighted by atomic mass is 10.1. The molecule has 0 radical (unpaired) electrons. The first-order valence-electron chi connectivity index (χ1n) is 5.01. The summed E-state index contributed by atoms with van der Waals surface area (Å²) in [5.74, 6) is -2.84. The zero-order valence-corrected chi connectivity index (χ0v) is 10.4. The molecule has 0 rings (SSSR count). The molecule has 0 aliphatic rings. The highest BCUT2D eigenvalue weighted by molar-refractivity contribution is 7.80. The number of hydrogen-bond donors (Lipinski definition) is 5. The van der Waals surface area contributed by atoms with Gasteiger partial charge in [0.05, 0.1) is 19.0 Å². The van der Waals surface area contributed by atoms with Gasteiger partial charge in [-0.3, -0.25) is 19.2 Å². The molecular weight excluding hydrogens is 262 g/mol. The second kappa shape index (κ2) is 8.48. The van der Waals surface area contributed by atoms with E-state index in [2.05, 4.69) is 17.9 Å². The number of Topliss-reactive ketones (excluding diaryl/α,β-unsaturated/α-hetero) is 1. The second-order valence-electron chi connectivity index (χ2n) is 3.38. The number of carboxylic acids is 1. The fourth-order valence-corrected chi connectivity index (χ4v) is 1.07. The van der Waals surface area contributed by atoms with Crippen LogP contribution in [0.3, 0.4) is 0 Å². The van der Waals surface area contributed by atoms with Gasteiger partial charge in [0, 0.05) is 5.75 Å². The van der Waals surface area contributed by atoms with Crippen LogP contribution < -0.4 is 16.4 Å². The van der Waals surface area contributed by atoms with Crippen LogP contribution in [-0.2, 0) is 19.2 Å². The standard InChI is InChI=1S/C9H15N3O5S/c10-5(4-18)6(13)1-7(14)11-2-8(15)12-3-9(16)17/h5,18H,1-4,10H2,(H,11,14)(H,12,15)(H,16,17). The highest BCUT2D eigenvalue weighted by Crippen LogP contribution is 1.91. The summed E-state index contributed by atoms with van der Waals surface area (Å²) in [4.78, 5) is 43.6. The van der Waals surface area contributed by atoms with E-state index in [1.54, 1.807) is 0 Å². The molecule has 0 aromatic heterocycles. The number of aliphatic carboxylic acids is 1. The zero-order chi connectivity index (χ0) is 14.1. The Morgan fingerprint density at radius 1 is 1.11 bits per heavy atom. The van der Waals surface area contributed by atoms with Gasteiger partial charge in [-0.1, -0.05) is 0 Å². The zero-order valence-electron chi connectivity index (χ0n) is 9.51. The Labute approximate surface area is 109 Å². The van der Waals surface area contributed by atoms with Gasteiger partial charge in [-0.05, 0) is 0 Å².